The number of carbonyl (C=O) groups excluding carboxylic acids is 1. The zero-order valence-electron chi connectivity index (χ0n) is 24.8. The Bertz CT molecular complexity index is 1560. The Morgan fingerprint density at radius 3 is 2.40 bits per heavy atom. The molecule has 0 bridgehead atoms. The number of phenols is 1. The number of carboxylic acids is 1. The fourth-order valence-electron chi connectivity index (χ4n) is 5.16. The summed E-state index contributed by atoms with van der Waals surface area (Å²) < 4.78 is 22.3. The largest absolute Gasteiger partial charge is 0.508 e. The Kier molecular flexibility index (Phi) is 10.5. The number of nitrogens with one attached hydrogen (secondary N) is 1. The molecule has 1 aliphatic rings. The lowest BCUT2D eigenvalue weighted by atomic mass is 9.77. The number of benzene rings is 2. The third-order valence-corrected chi connectivity index (χ3v) is 7.65. The molecule has 14 nitrogen and oxygen atoms in total. The smallest absolute Gasteiger partial charge is 0.321 e. The van der Waals surface area contributed by atoms with Gasteiger partial charge in [0, 0.05) is 12.6 Å². The summed E-state index contributed by atoms with van der Waals surface area (Å²) in [6, 6.07) is 10.1. The van der Waals surface area contributed by atoms with Gasteiger partial charge in [-0.15, -0.1) is 0 Å². The van der Waals surface area contributed by atoms with Gasteiger partial charge in [-0.1, -0.05) is 26.0 Å². The van der Waals surface area contributed by atoms with Gasteiger partial charge in [0.25, 0.3) is 0 Å². The predicted octanol–water partition coefficient (Wildman–Crippen LogP) is 0.593. The SMILES string of the molecule is CNC[C@@H](C(=O)O)C(=O)OC[C@@H]1O[C@H](Oc2ccc3c(=O)c(-c4ccc(O)cc4)coc3c2)[C@@H](O)[C@](O)([C@H](O)CC(C)C)[C@H]1O. The Hall–Kier alpha value is -4.05. The molecule has 1 saturated heterocycles. The molecule has 14 heteroatoms. The first kappa shape index (κ1) is 33.8. The molecule has 244 valence electrons. The highest BCUT2D eigenvalue weighted by molar-refractivity contribution is 5.94. The van der Waals surface area contributed by atoms with Crippen LogP contribution in [0.15, 0.2) is 57.9 Å². The van der Waals surface area contributed by atoms with Crippen LogP contribution in [0.3, 0.4) is 0 Å². The maximum Gasteiger partial charge on any atom is 0.321 e. The molecule has 1 aromatic heterocycles. The van der Waals surface area contributed by atoms with Crippen LogP contribution in [0.1, 0.15) is 20.3 Å². The first-order valence-electron chi connectivity index (χ1n) is 14.3. The number of phenolic OH excluding ortho intramolecular Hbond substituents is 1. The Labute approximate surface area is 257 Å². The Balaban J connectivity index is 1.62. The first-order valence-corrected chi connectivity index (χ1v) is 14.3. The second-order valence-electron chi connectivity index (χ2n) is 11.3. The number of hydrogen-bond acceptors (Lipinski definition) is 13. The van der Waals surface area contributed by atoms with Crippen LogP contribution in [0.2, 0.25) is 0 Å². The van der Waals surface area contributed by atoms with Crippen LogP contribution >= 0.6 is 0 Å². The molecule has 7 N–H and O–H groups in total. The number of hydrogen-bond donors (Lipinski definition) is 7. The molecule has 0 radical (unpaired) electrons. The Morgan fingerprint density at radius 2 is 1.78 bits per heavy atom. The topological polar surface area (TPSA) is 225 Å². The summed E-state index contributed by atoms with van der Waals surface area (Å²) in [4.78, 5) is 37.1. The van der Waals surface area contributed by atoms with Crippen molar-refractivity contribution in [1.29, 1.82) is 0 Å². The molecule has 4 rings (SSSR count). The molecule has 2 aromatic carbocycles. The molecule has 1 fully saturated rings. The minimum absolute atomic E-state index is 0.0138. The molecule has 2 heterocycles. The summed E-state index contributed by atoms with van der Waals surface area (Å²) in [5.74, 6) is -4.28. The van der Waals surface area contributed by atoms with E-state index < -0.39 is 60.8 Å². The van der Waals surface area contributed by atoms with Crippen molar-refractivity contribution in [2.45, 2.75) is 56.6 Å². The van der Waals surface area contributed by atoms with Crippen LogP contribution in [0, 0.1) is 11.8 Å². The molecular formula is C31H37NO13. The normalized spacial score (nSPS) is 24.7. The van der Waals surface area contributed by atoms with E-state index in [9.17, 15) is 45.0 Å². The van der Waals surface area contributed by atoms with Crippen LogP contribution in [0.25, 0.3) is 22.1 Å². The zero-order valence-corrected chi connectivity index (χ0v) is 24.8. The van der Waals surface area contributed by atoms with E-state index in [4.69, 9.17) is 18.6 Å². The molecule has 7 atom stereocenters. The number of aliphatic hydroxyl groups is 4. The minimum atomic E-state index is -2.62. The third kappa shape index (κ3) is 7.11. The number of carboxylic acid groups (broad SMARTS) is 1. The Morgan fingerprint density at radius 1 is 1.09 bits per heavy atom. The van der Waals surface area contributed by atoms with Crippen molar-refractivity contribution in [3.63, 3.8) is 0 Å². The van der Waals surface area contributed by atoms with Crippen molar-refractivity contribution in [2.24, 2.45) is 11.8 Å². The van der Waals surface area contributed by atoms with Gasteiger partial charge in [-0.3, -0.25) is 14.4 Å². The number of rotatable bonds is 12. The average molecular weight is 632 g/mol. The van der Waals surface area contributed by atoms with E-state index in [0.29, 0.717) is 5.56 Å². The van der Waals surface area contributed by atoms with Gasteiger partial charge in [0.15, 0.2) is 16.9 Å². The molecule has 0 spiro atoms. The fraction of sp³-hybridized carbons (Fsp3) is 0.452. The molecule has 1 aliphatic heterocycles. The van der Waals surface area contributed by atoms with Gasteiger partial charge in [-0.05, 0) is 49.2 Å². The van der Waals surface area contributed by atoms with Crippen molar-refractivity contribution in [3.05, 3.63) is 59.0 Å². The van der Waals surface area contributed by atoms with Gasteiger partial charge in [0.05, 0.1) is 17.1 Å². The molecule has 0 amide bonds. The standard InChI is InChI=1S/C31H37NO13/c1-15(2)10-24(34)31(41)26(36)23(14-43-29(40)20(12-32-3)28(38)39)45-30(27(31)37)44-18-8-9-19-22(11-18)42-13-21(25(19)35)16-4-6-17(33)7-5-16/h4-9,11,13,15,20,23-24,26-27,30,32-34,36-37,41H,10,12,14H2,1-3H3,(H,38,39)/t20-,23-,24+,26-,27+,30-,31-/m0/s1. The number of esters is 1. The maximum absolute atomic E-state index is 13.2. The van der Waals surface area contributed by atoms with Crippen LogP contribution in [0.5, 0.6) is 11.5 Å². The van der Waals surface area contributed by atoms with Gasteiger partial charge in [-0.2, -0.15) is 0 Å². The summed E-state index contributed by atoms with van der Waals surface area (Å²) in [6.45, 7) is 2.52. The molecule has 45 heavy (non-hydrogen) atoms. The number of ether oxygens (including phenoxy) is 3. The summed E-state index contributed by atoms with van der Waals surface area (Å²) in [6.07, 6.45) is -7.80. The van der Waals surface area contributed by atoms with E-state index in [1.165, 1.54) is 43.6 Å². The number of aliphatic hydroxyl groups excluding tert-OH is 3. The maximum atomic E-state index is 13.2. The van der Waals surface area contributed by atoms with E-state index in [1.54, 1.807) is 26.0 Å². The monoisotopic (exact) mass is 631 g/mol. The fourth-order valence-corrected chi connectivity index (χ4v) is 5.16. The van der Waals surface area contributed by atoms with Crippen molar-refractivity contribution in [3.8, 4) is 22.6 Å². The molecule has 0 saturated carbocycles. The summed E-state index contributed by atoms with van der Waals surface area (Å²) in [7, 11) is 1.45. The van der Waals surface area contributed by atoms with Crippen LogP contribution in [0.4, 0.5) is 0 Å². The van der Waals surface area contributed by atoms with Gasteiger partial charge in [0.2, 0.25) is 6.29 Å². The van der Waals surface area contributed by atoms with Crippen molar-refractivity contribution < 1.29 is 58.9 Å². The second-order valence-corrected chi connectivity index (χ2v) is 11.3. The molecule has 3 aromatic rings. The van der Waals surface area contributed by atoms with E-state index in [0.717, 1.165) is 0 Å². The third-order valence-electron chi connectivity index (χ3n) is 7.65. The van der Waals surface area contributed by atoms with Gasteiger partial charge >= 0.3 is 11.9 Å². The van der Waals surface area contributed by atoms with Gasteiger partial charge < -0.3 is 54.6 Å². The summed E-state index contributed by atoms with van der Waals surface area (Å²) in [5, 5.41) is 66.3. The quantitative estimate of drug-likeness (QED) is 0.107. The van der Waals surface area contributed by atoms with Crippen molar-refractivity contribution in [1.82, 2.24) is 5.32 Å². The van der Waals surface area contributed by atoms with E-state index in [2.05, 4.69) is 5.32 Å². The van der Waals surface area contributed by atoms with Crippen molar-refractivity contribution in [2.75, 3.05) is 20.2 Å². The second kappa shape index (κ2) is 13.9. The first-order chi connectivity index (χ1) is 21.3. The van der Waals surface area contributed by atoms with Crippen LogP contribution in [-0.4, -0.2) is 99.1 Å². The highest BCUT2D eigenvalue weighted by atomic mass is 16.7. The van der Waals surface area contributed by atoms with Gasteiger partial charge in [0.1, 0.15) is 48.3 Å². The van der Waals surface area contributed by atoms with Gasteiger partial charge in [-0.25, -0.2) is 0 Å². The number of aromatic hydroxyl groups is 1. The molecule has 0 unspecified atom stereocenters. The minimum Gasteiger partial charge on any atom is -0.508 e. The number of fused-ring (bicyclic) bond motifs is 1. The number of aliphatic carboxylic acids is 1. The van der Waals surface area contributed by atoms with E-state index in [1.807, 2.05) is 0 Å². The lowest BCUT2D eigenvalue weighted by molar-refractivity contribution is -0.334. The number of carbonyl (C=O) groups is 2. The highest BCUT2D eigenvalue weighted by Crippen LogP contribution is 2.37. The highest BCUT2D eigenvalue weighted by Gasteiger charge is 2.60. The zero-order chi connectivity index (χ0) is 33.1. The summed E-state index contributed by atoms with van der Waals surface area (Å²) in [5.41, 5.74) is -2.11. The lowest BCUT2D eigenvalue weighted by Crippen LogP contribution is -2.72. The van der Waals surface area contributed by atoms with Crippen LogP contribution < -0.4 is 15.5 Å². The van der Waals surface area contributed by atoms with Crippen LogP contribution in [-0.2, 0) is 19.1 Å². The van der Waals surface area contributed by atoms with E-state index >= 15 is 0 Å². The summed E-state index contributed by atoms with van der Waals surface area (Å²) >= 11 is 0. The molecule has 0 aliphatic carbocycles. The average Bonchev–Trinajstić information content (AvgIpc) is 2.99. The van der Waals surface area contributed by atoms with Crippen molar-refractivity contribution >= 4 is 22.9 Å². The van der Waals surface area contributed by atoms with E-state index in [-0.39, 0.29) is 52.3 Å². The lowest BCUT2D eigenvalue weighted by Gasteiger charge is -2.49. The molecular weight excluding hydrogens is 594 g/mol. The predicted molar refractivity (Wildman–Crippen MR) is 157 cm³/mol.